The molecule has 0 bridgehead atoms. The van der Waals surface area contributed by atoms with Gasteiger partial charge in [0, 0.05) is 65.5 Å². The molecule has 0 aromatic heterocycles. The number of morpholine rings is 1. The second kappa shape index (κ2) is 19.4. The molecule has 61 heavy (non-hydrogen) atoms. The van der Waals surface area contributed by atoms with Crippen LogP contribution in [-0.2, 0) is 22.0 Å². The lowest BCUT2D eigenvalue weighted by Gasteiger charge is -2.49. The van der Waals surface area contributed by atoms with E-state index in [2.05, 4.69) is 67.3 Å². The summed E-state index contributed by atoms with van der Waals surface area (Å²) >= 11 is 0. The van der Waals surface area contributed by atoms with Gasteiger partial charge < -0.3 is 43.6 Å². The average molecular weight is 857 g/mol. The van der Waals surface area contributed by atoms with Gasteiger partial charge in [-0.3, -0.25) is 9.74 Å². The van der Waals surface area contributed by atoms with Gasteiger partial charge in [0.05, 0.1) is 53.2 Å². The van der Waals surface area contributed by atoms with Crippen molar-refractivity contribution in [2.45, 2.75) is 115 Å². The van der Waals surface area contributed by atoms with Crippen LogP contribution in [0.25, 0.3) is 10.9 Å². The van der Waals surface area contributed by atoms with Crippen molar-refractivity contribution in [3.05, 3.63) is 86.8 Å². The van der Waals surface area contributed by atoms with E-state index in [0.29, 0.717) is 95.5 Å². The fourth-order valence-electron chi connectivity index (χ4n) is 10.2. The van der Waals surface area contributed by atoms with Crippen LogP contribution in [0.1, 0.15) is 85.1 Å². The molecule has 3 heterocycles. The van der Waals surface area contributed by atoms with Crippen molar-refractivity contribution in [3.8, 4) is 34.5 Å². The quantitative estimate of drug-likeness (QED) is 0.101. The summed E-state index contributed by atoms with van der Waals surface area (Å²) in [5.41, 5.74) is 6.49. The highest BCUT2D eigenvalue weighted by Crippen LogP contribution is 2.54. The molecule has 6 rings (SSSR count). The summed E-state index contributed by atoms with van der Waals surface area (Å²) in [5, 5.41) is 28.1. The fourth-order valence-corrected chi connectivity index (χ4v) is 12.7. The standard InChI is InChI=1S/C48H68N4O8Si/c1-28(2)61(13,29(3)4)60-23-21-33-27-52(22-24-59-33)48(49-7)38-26-35-40(43(54)47(58-12)31(6)45(35)56-10)41(51(38)8)37-25-34-39(42(53)46(57-11)30(5)44(34)55-9)36(50-37)20-19-32-17-15-14-16-18-32/h14-20,28-29,33,36-38,41,48,50,53-54H,21-27H2,1-6,8-13H3/t33-,36-,37?,38?,41?,48-/m0/s1. The van der Waals surface area contributed by atoms with Crippen LogP contribution in [0.15, 0.2) is 36.4 Å². The third kappa shape index (κ3) is 8.72. The van der Waals surface area contributed by atoms with E-state index in [9.17, 15) is 10.2 Å². The van der Waals surface area contributed by atoms with Crippen molar-refractivity contribution in [1.29, 1.82) is 0 Å². The predicted octanol–water partition coefficient (Wildman–Crippen LogP) is 8.36. The van der Waals surface area contributed by atoms with Crippen LogP contribution in [0.2, 0.25) is 17.6 Å². The second-order valence-corrected chi connectivity index (χ2v) is 22.6. The number of phenolic OH excluding ortho intramolecular Hbond substituents is 2. The summed E-state index contributed by atoms with van der Waals surface area (Å²) in [5.74, 6) is 2.11. The molecular formula is C48H68N4O8Si. The Bertz CT molecular complexity index is 2080. The zero-order chi connectivity index (χ0) is 44.3. The summed E-state index contributed by atoms with van der Waals surface area (Å²) in [6.07, 6.45) is 5.17. The van der Waals surface area contributed by atoms with Gasteiger partial charge in [-0.25, -0.2) is 11.5 Å². The van der Waals surface area contributed by atoms with Crippen LogP contribution in [0.4, 0.5) is 0 Å². The molecule has 3 aliphatic rings. The van der Waals surface area contributed by atoms with E-state index in [0.717, 1.165) is 23.1 Å². The van der Waals surface area contributed by atoms with Crippen LogP contribution in [0.3, 0.4) is 0 Å². The second-order valence-electron chi connectivity index (χ2n) is 17.6. The molecule has 0 radical (unpaired) electrons. The number of phenols is 2. The monoisotopic (exact) mass is 856 g/mol. The van der Waals surface area contributed by atoms with E-state index in [1.807, 2.05) is 50.3 Å². The number of aromatic hydroxyl groups is 2. The van der Waals surface area contributed by atoms with Gasteiger partial charge in [-0.15, -0.1) is 0 Å². The van der Waals surface area contributed by atoms with Crippen molar-refractivity contribution < 1.29 is 38.3 Å². The number of benzene rings is 3. The molecule has 3 N–H and O–H groups in total. The molecular weight excluding hydrogens is 789 g/mol. The minimum Gasteiger partial charge on any atom is -0.504 e. The molecule has 3 unspecified atom stereocenters. The summed E-state index contributed by atoms with van der Waals surface area (Å²) in [6, 6.07) is 8.43. The van der Waals surface area contributed by atoms with Gasteiger partial charge >= 0.3 is 0 Å². The van der Waals surface area contributed by atoms with Gasteiger partial charge in [0.15, 0.2) is 31.3 Å². The minimum absolute atomic E-state index is 0.0555. The lowest BCUT2D eigenvalue weighted by Crippen LogP contribution is -2.60. The number of likely N-dealkylation sites (N-methyl/N-ethyl adjacent to an activating group) is 1. The number of hydrogen-bond acceptors (Lipinski definition) is 11. The fraction of sp³-hybridized carbons (Fsp3) is 0.562. The summed E-state index contributed by atoms with van der Waals surface area (Å²) in [4.78, 5) is 8.92. The smallest absolute Gasteiger partial charge is 0.295 e. The van der Waals surface area contributed by atoms with Crippen molar-refractivity contribution in [2.75, 3.05) is 61.8 Å². The maximum absolute atomic E-state index is 12.3. The molecule has 3 aliphatic heterocycles. The number of methoxy groups -OCH3 is 4. The molecule has 1 saturated heterocycles. The van der Waals surface area contributed by atoms with E-state index < -0.39 is 26.6 Å². The normalized spacial score (nSPS) is 22.8. The molecule has 1 fully saturated rings. The van der Waals surface area contributed by atoms with Crippen molar-refractivity contribution in [2.24, 2.45) is 0 Å². The zero-order valence-electron chi connectivity index (χ0n) is 38.3. The van der Waals surface area contributed by atoms with Crippen molar-refractivity contribution >= 4 is 14.4 Å². The third-order valence-electron chi connectivity index (χ3n) is 13.9. The van der Waals surface area contributed by atoms with E-state index in [1.54, 1.807) is 28.4 Å². The number of rotatable bonds is 15. The van der Waals surface area contributed by atoms with Gasteiger partial charge in [0.2, 0.25) is 0 Å². The van der Waals surface area contributed by atoms with Crippen LogP contribution in [0, 0.1) is 20.4 Å². The molecule has 3 aromatic carbocycles. The average Bonchev–Trinajstić information content (AvgIpc) is 3.24. The zero-order valence-corrected chi connectivity index (χ0v) is 39.3. The third-order valence-corrected chi connectivity index (χ3v) is 19.4. The Morgan fingerprint density at radius 3 is 2.02 bits per heavy atom. The van der Waals surface area contributed by atoms with Crippen molar-refractivity contribution in [1.82, 2.24) is 15.1 Å². The highest BCUT2D eigenvalue weighted by atomic mass is 28.4. The lowest BCUT2D eigenvalue weighted by atomic mass is 9.77. The molecule has 0 amide bonds. The largest absolute Gasteiger partial charge is 0.504 e. The highest BCUT2D eigenvalue weighted by Gasteiger charge is 2.50. The lowest BCUT2D eigenvalue weighted by molar-refractivity contribution is -0.0599. The molecule has 0 spiro atoms. The Morgan fingerprint density at radius 2 is 1.46 bits per heavy atom. The van der Waals surface area contributed by atoms with Crippen LogP contribution < -0.4 is 24.3 Å². The van der Waals surface area contributed by atoms with Crippen LogP contribution >= 0.6 is 0 Å². The van der Waals surface area contributed by atoms with Crippen LogP contribution in [-0.4, -0.2) is 114 Å². The SMILES string of the molecule is [C-]#[N+][C@H](C1Cc2c(OC)c(C)c(OC)c(O)c2C(C2Cc3c(OC)c(C)c(OC)c(O)c3[C@H](C=Cc3ccccc3)N2)N1C)N1CCO[C@@H](CCO[Si](C)(C(C)C)C(C)C)C1. The minimum atomic E-state index is -1.92. The maximum Gasteiger partial charge on any atom is 0.295 e. The van der Waals surface area contributed by atoms with Crippen molar-refractivity contribution in [3.63, 3.8) is 0 Å². The van der Waals surface area contributed by atoms with Gasteiger partial charge in [0.25, 0.3) is 6.17 Å². The summed E-state index contributed by atoms with van der Waals surface area (Å²) < 4.78 is 36.9. The van der Waals surface area contributed by atoms with Gasteiger partial charge in [0.1, 0.15) is 17.5 Å². The molecule has 0 aliphatic carbocycles. The Kier molecular flexibility index (Phi) is 14.7. The Hall–Kier alpha value is -4.29. The molecule has 3 aromatic rings. The molecule has 332 valence electrons. The van der Waals surface area contributed by atoms with Gasteiger partial charge in [-0.2, -0.15) is 0 Å². The van der Waals surface area contributed by atoms with Gasteiger partial charge in [-0.1, -0.05) is 70.2 Å². The number of hydrogen-bond donors (Lipinski definition) is 3. The number of nitrogens with one attached hydrogen (secondary N) is 1. The summed E-state index contributed by atoms with van der Waals surface area (Å²) in [7, 11) is 6.54. The van der Waals surface area contributed by atoms with E-state index in [4.69, 9.17) is 34.7 Å². The number of fused-ring (bicyclic) bond motifs is 2. The predicted molar refractivity (Wildman–Crippen MR) is 243 cm³/mol. The number of nitrogens with zero attached hydrogens (tertiary/aromatic N) is 3. The van der Waals surface area contributed by atoms with Gasteiger partial charge in [-0.05, 0) is 56.9 Å². The van der Waals surface area contributed by atoms with E-state index >= 15 is 0 Å². The topological polar surface area (TPSA) is 119 Å². The first-order valence-electron chi connectivity index (χ1n) is 21.7. The maximum atomic E-state index is 12.3. The number of ether oxygens (including phenoxy) is 5. The summed E-state index contributed by atoms with van der Waals surface area (Å²) in [6.45, 7) is 26.4. The molecule has 0 saturated carbocycles. The molecule has 12 nitrogen and oxygen atoms in total. The molecule has 13 heteroatoms. The highest BCUT2D eigenvalue weighted by molar-refractivity contribution is 6.75. The Morgan fingerprint density at radius 1 is 0.885 bits per heavy atom. The first-order valence-corrected chi connectivity index (χ1v) is 24.2. The van der Waals surface area contributed by atoms with E-state index in [1.165, 1.54) is 0 Å². The Balaban J connectivity index is 1.43. The van der Waals surface area contributed by atoms with E-state index in [-0.39, 0.29) is 29.7 Å². The Labute approximate surface area is 364 Å². The first kappa shape index (κ1) is 46.2. The van der Waals surface area contributed by atoms with Crippen LogP contribution in [0.5, 0.6) is 34.5 Å². The first-order chi connectivity index (χ1) is 29.2. The molecule has 6 atom stereocenters.